The van der Waals surface area contributed by atoms with E-state index < -0.39 is 5.96 Å². The molecule has 0 saturated carbocycles. The molecule has 0 atom stereocenters. The van der Waals surface area contributed by atoms with Gasteiger partial charge in [-0.1, -0.05) is 0 Å². The third-order valence-electron chi connectivity index (χ3n) is 5.37. The first-order chi connectivity index (χ1) is 14.1. The van der Waals surface area contributed by atoms with Crippen LogP contribution in [0.1, 0.15) is 5.56 Å². The summed E-state index contributed by atoms with van der Waals surface area (Å²) in [6.07, 6.45) is 2.46. The van der Waals surface area contributed by atoms with Crippen molar-refractivity contribution in [3.8, 4) is 5.88 Å². The number of hydrogen-bond acceptors (Lipinski definition) is 2. The van der Waals surface area contributed by atoms with Crippen molar-refractivity contribution in [1.29, 1.82) is 0 Å². The second-order valence-corrected chi connectivity index (χ2v) is 13.5. The van der Waals surface area contributed by atoms with Crippen LogP contribution in [0.4, 0.5) is 0 Å². The zero-order valence-corrected chi connectivity index (χ0v) is 17.9. The molecule has 146 valence electrons. The van der Waals surface area contributed by atoms with Gasteiger partial charge in [-0.05, 0) is 0 Å². The summed E-state index contributed by atoms with van der Waals surface area (Å²) in [5, 5.41) is 3.44. The van der Waals surface area contributed by atoms with Crippen molar-refractivity contribution in [3.63, 3.8) is 0 Å². The number of hydrogen-bond donors (Lipinski definition) is 0. The summed E-state index contributed by atoms with van der Waals surface area (Å²) in [7, 11) is 1.64. The average Bonchev–Trinajstić information content (AvgIpc) is 2.81. The van der Waals surface area contributed by atoms with Gasteiger partial charge in [0.1, 0.15) is 0 Å². The molecule has 0 amide bonds. The summed E-state index contributed by atoms with van der Waals surface area (Å²) in [5.74, 6) is -2.73. The molecule has 3 aromatic carbocycles. The maximum absolute atomic E-state index is 8.07. The van der Waals surface area contributed by atoms with E-state index >= 15 is 0 Å². The molecule has 4 heteroatoms. The fraction of sp³-hybridized carbons (Fsp3) is 0.0800. The van der Waals surface area contributed by atoms with Gasteiger partial charge in [0, 0.05) is 0 Å². The van der Waals surface area contributed by atoms with Crippen LogP contribution in [-0.4, -0.2) is 12.1 Å². The molecule has 0 aliphatic heterocycles. The monoisotopic (exact) mass is 419 g/mol. The quantitative estimate of drug-likeness (QED) is 0.397. The zero-order valence-electron chi connectivity index (χ0n) is 16.3. The topological polar surface area (TPSA) is 22.1 Å². The predicted octanol–water partition coefficient (Wildman–Crippen LogP) is 5.27. The van der Waals surface area contributed by atoms with Crippen LogP contribution in [0.15, 0.2) is 109 Å². The number of aromatic nitrogens is 1. The van der Waals surface area contributed by atoms with Crippen molar-refractivity contribution >= 4 is 33.1 Å². The summed E-state index contributed by atoms with van der Waals surface area (Å²) in [4.78, 5) is 4.28. The molecule has 0 radical (unpaired) electrons. The van der Waals surface area contributed by atoms with Crippen LogP contribution in [0.25, 0.3) is 0 Å². The van der Waals surface area contributed by atoms with E-state index in [1.54, 1.807) is 13.3 Å². The second kappa shape index (κ2) is 7.99. The molecule has 0 spiro atoms. The zero-order chi connectivity index (χ0) is 20.2. The van der Waals surface area contributed by atoms with E-state index in [-0.39, 0.29) is 0 Å². The fourth-order valence-corrected chi connectivity index (χ4v) is 10.1. The third-order valence-corrected chi connectivity index (χ3v) is 12.6. The van der Waals surface area contributed by atoms with Gasteiger partial charge in [0.15, 0.2) is 0 Å². The Hall–Kier alpha value is -2.67. The molecule has 4 rings (SSSR count). The van der Waals surface area contributed by atoms with Gasteiger partial charge in [-0.25, -0.2) is 0 Å². The van der Waals surface area contributed by atoms with Gasteiger partial charge in [-0.15, -0.1) is 0 Å². The number of ether oxygens (including phenoxy) is 1. The summed E-state index contributed by atoms with van der Waals surface area (Å²) in [6, 6.07) is 35.5. The Morgan fingerprint density at radius 3 is 1.59 bits per heavy atom. The normalized spacial score (nSPS) is 12.7. The molecular formula is C25H23ClNOP. The van der Waals surface area contributed by atoms with E-state index in [9.17, 15) is 0 Å². The van der Waals surface area contributed by atoms with E-state index in [2.05, 4.69) is 77.8 Å². The van der Waals surface area contributed by atoms with Crippen LogP contribution in [0, 0.1) is 0 Å². The number of pyridine rings is 1. The minimum absolute atomic E-state index is 0.596. The van der Waals surface area contributed by atoms with Gasteiger partial charge >= 0.3 is 177 Å². The first kappa shape index (κ1) is 19.6. The molecule has 0 bridgehead atoms. The maximum atomic E-state index is 8.07. The Kier molecular flexibility index (Phi) is 5.41. The molecule has 0 aliphatic rings. The van der Waals surface area contributed by atoms with Gasteiger partial charge in [-0.3, -0.25) is 0 Å². The van der Waals surface area contributed by atoms with E-state index in [4.69, 9.17) is 16.0 Å². The van der Waals surface area contributed by atoms with Crippen molar-refractivity contribution in [2.75, 3.05) is 7.11 Å². The van der Waals surface area contributed by atoms with Crippen molar-refractivity contribution in [2.45, 2.75) is 6.16 Å². The van der Waals surface area contributed by atoms with Crippen LogP contribution in [0.2, 0.25) is 0 Å². The number of rotatable bonds is 6. The predicted molar refractivity (Wildman–Crippen MR) is 125 cm³/mol. The number of methoxy groups -OCH3 is 1. The molecule has 2 nitrogen and oxygen atoms in total. The molecule has 29 heavy (non-hydrogen) atoms. The summed E-state index contributed by atoms with van der Waals surface area (Å²) in [6.45, 7) is 0. The molecule has 0 aliphatic carbocycles. The Morgan fingerprint density at radius 2 is 1.17 bits per heavy atom. The fourth-order valence-electron chi connectivity index (χ4n) is 3.94. The van der Waals surface area contributed by atoms with Crippen molar-refractivity contribution in [2.24, 2.45) is 0 Å². The van der Waals surface area contributed by atoms with Crippen LogP contribution >= 0.6 is 17.2 Å². The van der Waals surface area contributed by atoms with E-state index in [1.165, 1.54) is 0 Å². The van der Waals surface area contributed by atoms with Gasteiger partial charge in [0.05, 0.1) is 0 Å². The van der Waals surface area contributed by atoms with Gasteiger partial charge < -0.3 is 0 Å². The summed E-state index contributed by atoms with van der Waals surface area (Å²) >= 11 is 8.07. The molecule has 1 heterocycles. The van der Waals surface area contributed by atoms with Crippen molar-refractivity contribution in [1.82, 2.24) is 4.98 Å². The minimum atomic E-state index is -3.33. The molecule has 0 N–H and O–H groups in total. The molecule has 0 fully saturated rings. The molecule has 4 aromatic rings. The summed E-state index contributed by atoms with van der Waals surface area (Å²) in [5.41, 5.74) is 1.10. The van der Waals surface area contributed by atoms with E-state index in [1.807, 2.05) is 30.3 Å². The van der Waals surface area contributed by atoms with Gasteiger partial charge in [-0.2, -0.15) is 0 Å². The van der Waals surface area contributed by atoms with Crippen LogP contribution < -0.4 is 20.7 Å². The number of benzene rings is 3. The van der Waals surface area contributed by atoms with E-state index in [0.717, 1.165) is 21.5 Å². The Labute approximate surface area is 176 Å². The van der Waals surface area contributed by atoms with Gasteiger partial charge in [0.2, 0.25) is 0 Å². The SMILES string of the molecule is COc1cc(CP(Cl)(c2ccccc2)(c2ccccc2)c2ccccc2)ccn1. The Bertz CT molecular complexity index is 988. The third kappa shape index (κ3) is 3.44. The van der Waals surface area contributed by atoms with Crippen LogP contribution in [-0.2, 0) is 6.16 Å². The molecule has 1 aromatic heterocycles. The van der Waals surface area contributed by atoms with Crippen molar-refractivity contribution in [3.05, 3.63) is 115 Å². The van der Waals surface area contributed by atoms with Crippen LogP contribution in [0.5, 0.6) is 5.88 Å². The van der Waals surface area contributed by atoms with Gasteiger partial charge in [0.25, 0.3) is 0 Å². The summed E-state index contributed by atoms with van der Waals surface area (Å²) < 4.78 is 5.38. The standard InChI is InChI=1S/C25H23ClNOP/c1-28-25-19-21(17-18-27-25)20-29(26,22-11-5-2-6-12-22,23-13-7-3-8-14-23)24-15-9-4-10-16-24/h2-19H,20H2,1H3. The Morgan fingerprint density at radius 1 is 0.724 bits per heavy atom. The first-order valence-electron chi connectivity index (χ1n) is 9.54. The Balaban J connectivity index is 2.06. The molecule has 0 unspecified atom stereocenters. The van der Waals surface area contributed by atoms with Crippen LogP contribution in [0.3, 0.4) is 0 Å². The number of nitrogens with zero attached hydrogens (tertiary/aromatic N) is 1. The first-order valence-corrected chi connectivity index (χ1v) is 12.9. The number of halogens is 1. The molecule has 0 saturated heterocycles. The molecular weight excluding hydrogens is 397 g/mol. The second-order valence-electron chi connectivity index (χ2n) is 7.05. The van der Waals surface area contributed by atoms with E-state index in [0.29, 0.717) is 12.0 Å². The average molecular weight is 420 g/mol. The van der Waals surface area contributed by atoms with Crippen molar-refractivity contribution < 1.29 is 4.74 Å².